The summed E-state index contributed by atoms with van der Waals surface area (Å²) >= 11 is 0. The average molecular weight is 293 g/mol. The summed E-state index contributed by atoms with van der Waals surface area (Å²) in [5.41, 5.74) is 2.50. The topological polar surface area (TPSA) is 92.8 Å². The van der Waals surface area contributed by atoms with Gasteiger partial charge in [0.1, 0.15) is 11.0 Å². The lowest BCUT2D eigenvalue weighted by molar-refractivity contribution is -0.121. The van der Waals surface area contributed by atoms with Gasteiger partial charge in [0.15, 0.2) is 6.61 Å². The first kappa shape index (κ1) is 13.6. The van der Waals surface area contributed by atoms with Crippen molar-refractivity contribution in [3.05, 3.63) is 54.1 Å². The van der Waals surface area contributed by atoms with Crippen LogP contribution in [0.1, 0.15) is 5.56 Å². The summed E-state index contributed by atoms with van der Waals surface area (Å²) < 4.78 is 0. The minimum atomic E-state index is -0.329. The van der Waals surface area contributed by atoms with E-state index in [9.17, 15) is 4.79 Å². The Morgan fingerprint density at radius 2 is 2.00 bits per heavy atom. The van der Waals surface area contributed by atoms with Gasteiger partial charge in [-0.15, -0.1) is 5.10 Å². The van der Waals surface area contributed by atoms with Crippen LogP contribution in [0, 0.1) is 11.3 Å². The standard InChI is InChI=1S/C15H11N5O2/c16-9-11-5-7-12(8-6-11)17-15(21)10-22-20-14-4-2-1-3-13(14)18-19-20/h1-8H,10H2,(H,17,21). The number of carbonyl (C=O) groups is 1. The highest BCUT2D eigenvalue weighted by Gasteiger charge is 2.07. The second kappa shape index (κ2) is 5.93. The molecule has 3 rings (SSSR count). The summed E-state index contributed by atoms with van der Waals surface area (Å²) in [5.74, 6) is -0.329. The number of para-hydroxylation sites is 1. The number of anilines is 1. The number of nitrogens with zero attached hydrogens (tertiary/aromatic N) is 4. The second-order valence-corrected chi connectivity index (χ2v) is 4.46. The smallest absolute Gasteiger partial charge is 0.265 e. The molecule has 0 radical (unpaired) electrons. The lowest BCUT2D eigenvalue weighted by Crippen LogP contribution is -2.26. The van der Waals surface area contributed by atoms with Crippen molar-refractivity contribution in [2.45, 2.75) is 0 Å². The molecule has 2 aromatic carbocycles. The molecule has 0 aliphatic rings. The van der Waals surface area contributed by atoms with Crippen molar-refractivity contribution in [2.75, 3.05) is 11.9 Å². The molecule has 0 aliphatic heterocycles. The molecular weight excluding hydrogens is 282 g/mol. The van der Waals surface area contributed by atoms with Crippen molar-refractivity contribution in [1.82, 2.24) is 15.2 Å². The molecule has 0 unspecified atom stereocenters. The van der Waals surface area contributed by atoms with Gasteiger partial charge in [0.25, 0.3) is 5.91 Å². The molecule has 0 saturated heterocycles. The summed E-state index contributed by atoms with van der Waals surface area (Å²) in [6, 6.07) is 15.9. The number of nitriles is 1. The highest BCUT2D eigenvalue weighted by atomic mass is 16.7. The van der Waals surface area contributed by atoms with Crippen molar-refractivity contribution in [3.63, 3.8) is 0 Å². The average Bonchev–Trinajstić information content (AvgIpc) is 2.97. The van der Waals surface area contributed by atoms with E-state index in [4.69, 9.17) is 10.1 Å². The Hall–Kier alpha value is -3.40. The molecule has 22 heavy (non-hydrogen) atoms. The van der Waals surface area contributed by atoms with Crippen LogP contribution in [0.4, 0.5) is 5.69 Å². The van der Waals surface area contributed by atoms with E-state index < -0.39 is 0 Å². The van der Waals surface area contributed by atoms with Gasteiger partial charge < -0.3 is 10.2 Å². The van der Waals surface area contributed by atoms with Crippen LogP contribution < -0.4 is 10.2 Å². The maximum absolute atomic E-state index is 11.8. The molecule has 0 spiro atoms. The first-order valence-electron chi connectivity index (χ1n) is 6.50. The molecule has 7 heteroatoms. The molecule has 0 saturated carbocycles. The third kappa shape index (κ3) is 2.86. The van der Waals surface area contributed by atoms with Crippen molar-refractivity contribution in [1.29, 1.82) is 5.26 Å². The molecule has 1 amide bonds. The van der Waals surface area contributed by atoms with Crippen LogP contribution in [0.3, 0.4) is 0 Å². The van der Waals surface area contributed by atoms with Gasteiger partial charge in [-0.05, 0) is 41.6 Å². The fourth-order valence-corrected chi connectivity index (χ4v) is 1.89. The summed E-state index contributed by atoms with van der Waals surface area (Å²) in [4.78, 5) is 18.4. The van der Waals surface area contributed by atoms with Crippen LogP contribution in [-0.2, 0) is 4.79 Å². The first-order chi connectivity index (χ1) is 10.8. The predicted molar refractivity (Wildman–Crippen MR) is 78.8 cm³/mol. The highest BCUT2D eigenvalue weighted by Crippen LogP contribution is 2.09. The molecular formula is C15H11N5O2. The first-order valence-corrected chi connectivity index (χ1v) is 6.50. The zero-order valence-electron chi connectivity index (χ0n) is 11.4. The molecule has 0 bridgehead atoms. The van der Waals surface area contributed by atoms with Crippen LogP contribution in [0.25, 0.3) is 11.0 Å². The zero-order valence-corrected chi connectivity index (χ0v) is 11.4. The Kier molecular flexibility index (Phi) is 3.66. The Balaban J connectivity index is 1.61. The minimum Gasteiger partial charge on any atom is -0.385 e. The lowest BCUT2D eigenvalue weighted by atomic mass is 10.2. The molecule has 1 aromatic heterocycles. The Morgan fingerprint density at radius 3 is 2.77 bits per heavy atom. The fourth-order valence-electron chi connectivity index (χ4n) is 1.89. The lowest BCUT2D eigenvalue weighted by Gasteiger charge is -2.06. The molecule has 1 heterocycles. The molecule has 0 aliphatic carbocycles. The maximum Gasteiger partial charge on any atom is 0.265 e. The van der Waals surface area contributed by atoms with E-state index in [0.717, 1.165) is 0 Å². The van der Waals surface area contributed by atoms with Crippen LogP contribution in [-0.4, -0.2) is 27.7 Å². The van der Waals surface area contributed by atoms with Gasteiger partial charge >= 0.3 is 0 Å². The van der Waals surface area contributed by atoms with E-state index in [0.29, 0.717) is 22.3 Å². The van der Waals surface area contributed by atoms with Crippen LogP contribution in [0.2, 0.25) is 0 Å². The van der Waals surface area contributed by atoms with Crippen molar-refractivity contribution >= 4 is 22.6 Å². The highest BCUT2D eigenvalue weighted by molar-refractivity contribution is 5.91. The molecule has 3 aromatic rings. The Bertz CT molecular complexity index is 848. The Morgan fingerprint density at radius 1 is 1.23 bits per heavy atom. The summed E-state index contributed by atoms with van der Waals surface area (Å²) in [6.45, 7) is -0.201. The Labute approximate surface area is 125 Å². The largest absolute Gasteiger partial charge is 0.385 e. The number of fused-ring (bicyclic) bond motifs is 1. The van der Waals surface area contributed by atoms with E-state index in [1.165, 1.54) is 4.85 Å². The van der Waals surface area contributed by atoms with Crippen LogP contribution in [0.5, 0.6) is 0 Å². The van der Waals surface area contributed by atoms with E-state index in [1.54, 1.807) is 36.4 Å². The molecule has 1 N–H and O–H groups in total. The summed E-state index contributed by atoms with van der Waals surface area (Å²) in [7, 11) is 0. The molecule has 7 nitrogen and oxygen atoms in total. The maximum atomic E-state index is 11.8. The number of rotatable bonds is 4. The van der Waals surface area contributed by atoms with Crippen LogP contribution in [0.15, 0.2) is 48.5 Å². The van der Waals surface area contributed by atoms with Gasteiger partial charge in [0.2, 0.25) is 0 Å². The second-order valence-electron chi connectivity index (χ2n) is 4.46. The monoisotopic (exact) mass is 293 g/mol. The number of aromatic nitrogens is 3. The van der Waals surface area contributed by atoms with Crippen molar-refractivity contribution in [3.8, 4) is 6.07 Å². The molecule has 0 fully saturated rings. The van der Waals surface area contributed by atoms with Gasteiger partial charge in [0.05, 0.1) is 11.6 Å². The quantitative estimate of drug-likeness (QED) is 0.784. The van der Waals surface area contributed by atoms with E-state index >= 15 is 0 Å². The minimum absolute atomic E-state index is 0.201. The van der Waals surface area contributed by atoms with Crippen LogP contribution >= 0.6 is 0 Å². The van der Waals surface area contributed by atoms with Crippen molar-refractivity contribution < 1.29 is 9.63 Å². The third-order valence-electron chi connectivity index (χ3n) is 2.94. The molecule has 108 valence electrons. The van der Waals surface area contributed by atoms with E-state index in [1.807, 2.05) is 18.2 Å². The number of hydrogen-bond acceptors (Lipinski definition) is 5. The predicted octanol–water partition coefficient (Wildman–Crippen LogP) is 1.37. The fraction of sp³-hybridized carbons (Fsp3) is 0.0667. The van der Waals surface area contributed by atoms with Crippen molar-refractivity contribution in [2.24, 2.45) is 0 Å². The van der Waals surface area contributed by atoms with Gasteiger partial charge in [-0.2, -0.15) is 5.26 Å². The molecule has 0 atom stereocenters. The van der Waals surface area contributed by atoms with Gasteiger partial charge in [0, 0.05) is 5.69 Å². The SMILES string of the molecule is N#Cc1ccc(NC(=O)COn2nnc3ccccc32)cc1. The van der Waals surface area contributed by atoms with E-state index in [-0.39, 0.29) is 12.5 Å². The normalized spacial score (nSPS) is 10.1. The number of hydrogen-bond donors (Lipinski definition) is 1. The summed E-state index contributed by atoms with van der Waals surface area (Å²) in [6.07, 6.45) is 0. The number of amides is 1. The number of nitrogens with one attached hydrogen (secondary N) is 1. The number of benzene rings is 2. The van der Waals surface area contributed by atoms with E-state index in [2.05, 4.69) is 15.6 Å². The summed E-state index contributed by atoms with van der Waals surface area (Å²) in [5, 5.41) is 19.1. The zero-order chi connectivity index (χ0) is 15.4. The van der Waals surface area contributed by atoms with Gasteiger partial charge in [-0.25, -0.2) is 0 Å². The van der Waals surface area contributed by atoms with Gasteiger partial charge in [-0.1, -0.05) is 17.0 Å². The van der Waals surface area contributed by atoms with Gasteiger partial charge in [-0.3, -0.25) is 4.79 Å². The third-order valence-corrected chi connectivity index (χ3v) is 2.94. The number of carbonyl (C=O) groups excluding carboxylic acids is 1.